The van der Waals surface area contributed by atoms with Gasteiger partial charge in [0.2, 0.25) is 0 Å². The molecule has 9 heteroatoms. The van der Waals surface area contributed by atoms with E-state index in [2.05, 4.69) is 46.7 Å². The van der Waals surface area contributed by atoms with Crippen molar-refractivity contribution in [3.05, 3.63) is 71.8 Å². The van der Waals surface area contributed by atoms with Crippen molar-refractivity contribution >= 4 is 51.0 Å². The fourth-order valence-electron chi connectivity index (χ4n) is 2.56. The van der Waals surface area contributed by atoms with Gasteiger partial charge in [-0.25, -0.2) is 0 Å². The summed E-state index contributed by atoms with van der Waals surface area (Å²) in [6, 6.07) is 20.4. The van der Waals surface area contributed by atoms with Crippen LogP contribution in [-0.2, 0) is 9.68 Å². The van der Waals surface area contributed by atoms with Crippen LogP contribution in [0.1, 0.15) is 11.1 Å². The first kappa shape index (κ1) is 24.6. The molecule has 1 aromatic heterocycles. The van der Waals surface area contributed by atoms with Crippen LogP contribution in [0.3, 0.4) is 0 Å². The average molecular weight is 500 g/mol. The van der Waals surface area contributed by atoms with Gasteiger partial charge in [0.1, 0.15) is 0 Å². The normalized spacial score (nSPS) is 11.2. The van der Waals surface area contributed by atoms with Gasteiger partial charge in [0, 0.05) is 0 Å². The van der Waals surface area contributed by atoms with Crippen molar-refractivity contribution in [3.8, 4) is 20.0 Å². The Morgan fingerprint density at radius 2 is 1.00 bits per heavy atom. The van der Waals surface area contributed by atoms with Gasteiger partial charge in [-0.15, -0.1) is 24.8 Å². The molecule has 154 valence electrons. The molecule has 0 amide bonds. The molecule has 0 unspecified atom stereocenters. The van der Waals surface area contributed by atoms with Crippen LogP contribution in [0, 0.1) is 0 Å². The summed E-state index contributed by atoms with van der Waals surface area (Å²) in [5.74, 6) is 0.732. The van der Waals surface area contributed by atoms with Crippen LogP contribution < -0.4 is 11.5 Å². The van der Waals surface area contributed by atoms with Crippen molar-refractivity contribution in [1.82, 2.24) is 0 Å². The minimum atomic E-state index is 0. The Morgan fingerprint density at radius 3 is 1.31 bits per heavy atom. The molecule has 0 atom stereocenters. The number of halogens is 2. The second-order valence-corrected chi connectivity index (χ2v) is 7.91. The molecular formula is C20H22Cl2N4O2Se. The Labute approximate surface area is 188 Å². The summed E-state index contributed by atoms with van der Waals surface area (Å²) in [7, 11) is 2.96. The molecule has 0 aliphatic heterocycles. The Balaban J connectivity index is 0.00000210. The molecule has 0 saturated heterocycles. The van der Waals surface area contributed by atoms with Crippen molar-refractivity contribution < 1.29 is 9.68 Å². The zero-order valence-corrected chi connectivity index (χ0v) is 19.2. The van der Waals surface area contributed by atoms with Gasteiger partial charge in [0.25, 0.3) is 0 Å². The standard InChI is InChI=1S/C20H20N4O2Se.2ClH/c1-25-23-19(21)15-7-3-13(4-8-15)17-11-12-18(27-17)14-5-9-16(10-6-14)20(22)24-26-2;;/h3-12H,1-2H3,(H2,21,23)(H2,22,24);2*1H. The molecule has 0 saturated carbocycles. The van der Waals surface area contributed by atoms with E-state index < -0.39 is 0 Å². The van der Waals surface area contributed by atoms with Crippen molar-refractivity contribution in [2.24, 2.45) is 21.8 Å². The molecule has 0 aliphatic rings. The summed E-state index contributed by atoms with van der Waals surface area (Å²) in [5, 5.41) is 7.51. The molecular weight excluding hydrogens is 478 g/mol. The van der Waals surface area contributed by atoms with E-state index in [1.54, 1.807) is 0 Å². The minimum absolute atomic E-state index is 0. The average Bonchev–Trinajstić information content (AvgIpc) is 3.19. The van der Waals surface area contributed by atoms with E-state index in [4.69, 9.17) is 21.1 Å². The van der Waals surface area contributed by atoms with Crippen LogP contribution in [0.2, 0.25) is 0 Å². The van der Waals surface area contributed by atoms with Crippen molar-refractivity contribution in [3.63, 3.8) is 0 Å². The smallest absolute Gasteiger partial charge is 0.147 e. The Morgan fingerprint density at radius 1 is 0.655 bits per heavy atom. The van der Waals surface area contributed by atoms with Gasteiger partial charge in [-0.2, -0.15) is 0 Å². The van der Waals surface area contributed by atoms with E-state index in [-0.39, 0.29) is 39.3 Å². The fourth-order valence-corrected chi connectivity index (χ4v) is 4.69. The van der Waals surface area contributed by atoms with Crippen LogP contribution in [0.15, 0.2) is 71.0 Å². The Hall–Kier alpha value is -2.44. The van der Waals surface area contributed by atoms with E-state index in [0.29, 0.717) is 11.7 Å². The summed E-state index contributed by atoms with van der Waals surface area (Å²) >= 11 is 0.224. The number of hydrogen-bond acceptors (Lipinski definition) is 4. The summed E-state index contributed by atoms with van der Waals surface area (Å²) in [4.78, 5) is 9.42. The van der Waals surface area contributed by atoms with Crippen LogP contribution >= 0.6 is 24.8 Å². The van der Waals surface area contributed by atoms with Gasteiger partial charge in [-0.1, -0.05) is 0 Å². The quantitative estimate of drug-likeness (QED) is 0.235. The molecule has 6 nitrogen and oxygen atoms in total. The monoisotopic (exact) mass is 500 g/mol. The van der Waals surface area contributed by atoms with Gasteiger partial charge in [0.05, 0.1) is 0 Å². The number of nitrogens with zero attached hydrogens (tertiary/aromatic N) is 2. The molecule has 29 heavy (non-hydrogen) atoms. The largest absolute Gasteiger partial charge is 0.147 e. The van der Waals surface area contributed by atoms with E-state index in [1.165, 1.54) is 34.2 Å². The number of hydrogen-bond donors (Lipinski definition) is 2. The molecule has 3 rings (SSSR count). The predicted molar refractivity (Wildman–Crippen MR) is 124 cm³/mol. The van der Waals surface area contributed by atoms with Gasteiger partial charge in [0.15, 0.2) is 0 Å². The summed E-state index contributed by atoms with van der Waals surface area (Å²) in [5.41, 5.74) is 15.7. The van der Waals surface area contributed by atoms with Crippen molar-refractivity contribution in [2.75, 3.05) is 14.2 Å². The van der Waals surface area contributed by atoms with Crippen molar-refractivity contribution in [1.29, 1.82) is 0 Å². The maximum absolute atomic E-state index is 5.84. The number of rotatable bonds is 6. The molecule has 1 heterocycles. The summed E-state index contributed by atoms with van der Waals surface area (Å²) < 4.78 is 2.63. The summed E-state index contributed by atoms with van der Waals surface area (Å²) in [6.45, 7) is 0. The van der Waals surface area contributed by atoms with Gasteiger partial charge < -0.3 is 0 Å². The second-order valence-electron chi connectivity index (χ2n) is 5.64. The molecule has 0 bridgehead atoms. The van der Waals surface area contributed by atoms with Crippen LogP contribution in [0.5, 0.6) is 0 Å². The summed E-state index contributed by atoms with van der Waals surface area (Å²) in [6.07, 6.45) is 0. The van der Waals surface area contributed by atoms with Crippen LogP contribution in [0.25, 0.3) is 20.0 Å². The predicted octanol–water partition coefficient (Wildman–Crippen LogP) is 3.45. The van der Waals surface area contributed by atoms with Crippen LogP contribution in [0.4, 0.5) is 0 Å². The Kier molecular flexibility index (Phi) is 9.78. The third-order valence-electron chi connectivity index (χ3n) is 3.92. The van der Waals surface area contributed by atoms with E-state index >= 15 is 0 Å². The Bertz CT molecular complexity index is 893. The third-order valence-corrected chi connectivity index (χ3v) is 6.40. The maximum Gasteiger partial charge on any atom is -0.147 e. The van der Waals surface area contributed by atoms with Crippen molar-refractivity contribution in [2.45, 2.75) is 0 Å². The third kappa shape index (κ3) is 6.02. The first-order chi connectivity index (χ1) is 13.1. The molecule has 4 N–H and O–H groups in total. The first-order valence-electron chi connectivity index (χ1n) is 8.17. The number of benzene rings is 2. The number of amidine groups is 2. The van der Waals surface area contributed by atoms with Gasteiger partial charge in [-0.05, 0) is 0 Å². The van der Waals surface area contributed by atoms with E-state index in [1.807, 2.05) is 24.3 Å². The minimum Gasteiger partial charge on any atom is -0.147 e. The molecule has 0 radical (unpaired) electrons. The first-order valence-corrected chi connectivity index (χ1v) is 9.88. The maximum atomic E-state index is 5.84. The number of nitrogens with two attached hydrogens (primary N) is 2. The molecule has 3 aromatic rings. The van der Waals surface area contributed by atoms with Crippen LogP contribution in [-0.4, -0.2) is 40.4 Å². The van der Waals surface area contributed by atoms with Gasteiger partial charge >= 0.3 is 164 Å². The zero-order chi connectivity index (χ0) is 19.2. The molecule has 0 aliphatic carbocycles. The van der Waals surface area contributed by atoms with E-state index in [0.717, 1.165) is 11.1 Å². The number of oxime groups is 2. The molecule has 0 fully saturated rings. The molecule has 0 spiro atoms. The van der Waals surface area contributed by atoms with E-state index in [9.17, 15) is 0 Å². The topological polar surface area (TPSA) is 95.2 Å². The second kappa shape index (κ2) is 11.5. The zero-order valence-electron chi connectivity index (χ0n) is 15.9. The molecule has 2 aromatic carbocycles. The van der Waals surface area contributed by atoms with Gasteiger partial charge in [-0.3, -0.25) is 0 Å². The fraction of sp³-hybridized carbons (Fsp3) is 0.100. The SMILES string of the molecule is CON=C(N)c1ccc(-c2ccc(-c3ccc(C(N)=NOC)cc3)[se]2)cc1.Cl.Cl.